The molecular weight excluding hydrogens is 379 g/mol. The van der Waals surface area contributed by atoms with Gasteiger partial charge in [-0.25, -0.2) is 0 Å². The monoisotopic (exact) mass is 411 g/mol. The number of fused-ring (bicyclic) bond motifs is 3. The maximum absolute atomic E-state index is 10.4. The van der Waals surface area contributed by atoms with E-state index in [2.05, 4.69) is 81.4 Å². The fourth-order valence-corrected chi connectivity index (χ4v) is 4.52. The molecule has 1 unspecified atom stereocenters. The van der Waals surface area contributed by atoms with Crippen molar-refractivity contribution in [3.8, 4) is 11.1 Å². The van der Waals surface area contributed by atoms with Crippen LogP contribution in [0.5, 0.6) is 0 Å². The Labute approximate surface area is 187 Å². The maximum Gasteiger partial charge on any atom is 0.330 e. The molecule has 1 radical (unpaired) electrons. The highest BCUT2D eigenvalue weighted by atomic mass is 16.5. The zero-order valence-electron chi connectivity index (χ0n) is 19.7. The third kappa shape index (κ3) is 3.64. The topological polar surface area (TPSA) is 29.5 Å². The Hall–Kier alpha value is -2.36. The summed E-state index contributed by atoms with van der Waals surface area (Å²) >= 11 is 0. The van der Waals surface area contributed by atoms with E-state index in [-0.39, 0.29) is 5.41 Å². The van der Waals surface area contributed by atoms with Gasteiger partial charge >= 0.3 is 7.48 Å². The lowest BCUT2D eigenvalue weighted by Crippen LogP contribution is -2.49. The van der Waals surface area contributed by atoms with Gasteiger partial charge in [0.15, 0.2) is 0 Å². The first-order chi connectivity index (χ1) is 14.4. The fraction of sp³-hybridized carbons (Fsp3) is 0.357. The van der Waals surface area contributed by atoms with Crippen molar-refractivity contribution in [3.05, 3.63) is 88.5 Å². The van der Waals surface area contributed by atoms with Crippen LogP contribution in [0.25, 0.3) is 11.1 Å². The molecule has 1 aliphatic carbocycles. The van der Waals surface area contributed by atoms with Crippen LogP contribution in [-0.4, -0.2) is 23.8 Å². The largest absolute Gasteiger partial charge is 0.427 e. The number of hydrogen-bond acceptors (Lipinski definition) is 2. The molecule has 2 nitrogen and oxygen atoms in total. The molecule has 0 bridgehead atoms. The Morgan fingerprint density at radius 1 is 0.806 bits per heavy atom. The van der Waals surface area contributed by atoms with Crippen molar-refractivity contribution in [2.24, 2.45) is 0 Å². The molecule has 1 aliphatic rings. The van der Waals surface area contributed by atoms with Crippen molar-refractivity contribution in [1.82, 2.24) is 0 Å². The number of rotatable bonds is 5. The molecule has 0 fully saturated rings. The summed E-state index contributed by atoms with van der Waals surface area (Å²) < 4.78 is 6.05. The minimum atomic E-state index is -0.954. The molecule has 0 saturated heterocycles. The van der Waals surface area contributed by atoms with Crippen molar-refractivity contribution in [2.75, 3.05) is 0 Å². The predicted octanol–water partition coefficient (Wildman–Crippen LogP) is 5.45. The molecule has 0 spiro atoms. The standard InChI is InChI=1S/C28H32BO2/c1-18-14-19(2)16-20(15-18)28(7)24-11-9-8-10-22(24)23-13-12-21(17-25(23)28)29-31-27(5,6)26(3,4)30/h8-17,30H,1-7H3. The molecule has 0 aromatic heterocycles. The molecule has 1 atom stereocenters. The van der Waals surface area contributed by atoms with Gasteiger partial charge in [0.1, 0.15) is 0 Å². The molecule has 0 amide bonds. The molecule has 0 saturated carbocycles. The smallest absolute Gasteiger partial charge is 0.330 e. The highest BCUT2D eigenvalue weighted by Crippen LogP contribution is 2.52. The third-order valence-corrected chi connectivity index (χ3v) is 7.10. The number of aliphatic hydroxyl groups is 1. The van der Waals surface area contributed by atoms with Crippen LogP contribution in [-0.2, 0) is 10.1 Å². The van der Waals surface area contributed by atoms with Gasteiger partial charge in [0, 0.05) is 5.41 Å². The van der Waals surface area contributed by atoms with E-state index in [1.165, 1.54) is 38.9 Å². The van der Waals surface area contributed by atoms with Gasteiger partial charge in [-0.15, -0.1) is 0 Å². The summed E-state index contributed by atoms with van der Waals surface area (Å²) in [5.74, 6) is 0. The zero-order chi connectivity index (χ0) is 22.6. The van der Waals surface area contributed by atoms with E-state index in [1.54, 1.807) is 21.3 Å². The van der Waals surface area contributed by atoms with Crippen molar-refractivity contribution in [2.45, 2.75) is 65.1 Å². The second-order valence-corrected chi connectivity index (χ2v) is 10.2. The number of hydrogen-bond donors (Lipinski definition) is 1. The Morgan fingerprint density at radius 2 is 1.42 bits per heavy atom. The second-order valence-electron chi connectivity index (χ2n) is 10.2. The van der Waals surface area contributed by atoms with Crippen molar-refractivity contribution < 1.29 is 9.76 Å². The summed E-state index contributed by atoms with van der Waals surface area (Å²) in [7, 11) is 1.78. The van der Waals surface area contributed by atoms with Crippen LogP contribution in [0.1, 0.15) is 62.4 Å². The van der Waals surface area contributed by atoms with Gasteiger partial charge < -0.3 is 9.76 Å². The SMILES string of the molecule is Cc1cc(C)cc(C2(C)c3ccccc3-c3ccc([B]OC(C)(C)C(C)(C)O)cc32)c1. The average Bonchev–Trinajstić information content (AvgIpc) is 2.95. The lowest BCUT2D eigenvalue weighted by Gasteiger charge is -2.37. The fourth-order valence-electron chi connectivity index (χ4n) is 4.52. The van der Waals surface area contributed by atoms with Crippen LogP contribution in [0.2, 0.25) is 0 Å². The molecule has 3 aromatic carbocycles. The van der Waals surface area contributed by atoms with Gasteiger partial charge in [0.05, 0.1) is 11.2 Å². The molecule has 1 N–H and O–H groups in total. The van der Waals surface area contributed by atoms with Crippen molar-refractivity contribution in [3.63, 3.8) is 0 Å². The minimum Gasteiger partial charge on any atom is -0.427 e. The van der Waals surface area contributed by atoms with Crippen LogP contribution in [0.4, 0.5) is 0 Å². The molecule has 0 aliphatic heterocycles. The molecule has 159 valence electrons. The van der Waals surface area contributed by atoms with Gasteiger partial charge in [-0.05, 0) is 76.3 Å². The van der Waals surface area contributed by atoms with Gasteiger partial charge in [0.25, 0.3) is 0 Å². The lowest BCUT2D eigenvalue weighted by molar-refractivity contribution is -0.0893. The van der Waals surface area contributed by atoms with Crippen LogP contribution in [0.15, 0.2) is 60.7 Å². The summed E-state index contributed by atoms with van der Waals surface area (Å²) in [6.45, 7) is 14.0. The summed E-state index contributed by atoms with van der Waals surface area (Å²) in [6.07, 6.45) is 0. The van der Waals surface area contributed by atoms with Gasteiger partial charge in [-0.2, -0.15) is 0 Å². The Bertz CT molecular complexity index is 1120. The maximum atomic E-state index is 10.4. The molecule has 3 aromatic rings. The second kappa shape index (κ2) is 7.36. The summed E-state index contributed by atoms with van der Waals surface area (Å²) in [6, 6.07) is 22.1. The highest BCUT2D eigenvalue weighted by Gasteiger charge is 2.41. The summed E-state index contributed by atoms with van der Waals surface area (Å²) in [4.78, 5) is 0. The van der Waals surface area contributed by atoms with Crippen LogP contribution in [0, 0.1) is 13.8 Å². The first-order valence-electron chi connectivity index (χ1n) is 11.0. The van der Waals surface area contributed by atoms with E-state index in [1.807, 2.05) is 13.8 Å². The Morgan fingerprint density at radius 3 is 2.06 bits per heavy atom. The van der Waals surface area contributed by atoms with E-state index in [9.17, 15) is 5.11 Å². The molecule has 31 heavy (non-hydrogen) atoms. The van der Waals surface area contributed by atoms with Gasteiger partial charge in [0.2, 0.25) is 0 Å². The van der Waals surface area contributed by atoms with Crippen LogP contribution < -0.4 is 5.46 Å². The molecule has 3 heteroatoms. The Kier molecular flexibility index (Phi) is 5.19. The van der Waals surface area contributed by atoms with E-state index in [0.717, 1.165) is 5.46 Å². The van der Waals surface area contributed by atoms with Gasteiger partial charge in [-0.3, -0.25) is 0 Å². The third-order valence-electron chi connectivity index (χ3n) is 7.10. The first-order valence-corrected chi connectivity index (χ1v) is 11.0. The lowest BCUT2D eigenvalue weighted by atomic mass is 9.72. The van der Waals surface area contributed by atoms with Crippen molar-refractivity contribution in [1.29, 1.82) is 0 Å². The van der Waals surface area contributed by atoms with E-state index in [0.29, 0.717) is 0 Å². The summed E-state index contributed by atoms with van der Waals surface area (Å²) in [5, 5.41) is 10.4. The first kappa shape index (κ1) is 21.9. The van der Waals surface area contributed by atoms with Crippen molar-refractivity contribution >= 4 is 12.9 Å². The van der Waals surface area contributed by atoms with Crippen LogP contribution in [0.3, 0.4) is 0 Å². The molecule has 4 rings (SSSR count). The average molecular weight is 411 g/mol. The van der Waals surface area contributed by atoms with E-state index < -0.39 is 11.2 Å². The number of benzene rings is 3. The van der Waals surface area contributed by atoms with Crippen LogP contribution >= 0.6 is 0 Å². The quantitative estimate of drug-likeness (QED) is 0.566. The zero-order valence-corrected chi connectivity index (χ0v) is 19.7. The highest BCUT2D eigenvalue weighted by molar-refractivity contribution is 6.47. The minimum absolute atomic E-state index is 0.238. The molecular formula is C28H32BO2. The Balaban J connectivity index is 1.82. The normalized spacial score (nSPS) is 17.9. The van der Waals surface area contributed by atoms with E-state index in [4.69, 9.17) is 4.65 Å². The predicted molar refractivity (Wildman–Crippen MR) is 130 cm³/mol. The number of aryl methyl sites for hydroxylation is 2. The van der Waals surface area contributed by atoms with Gasteiger partial charge in [-0.1, -0.05) is 77.3 Å². The molecule has 0 heterocycles. The van der Waals surface area contributed by atoms with E-state index >= 15 is 0 Å². The summed E-state index contributed by atoms with van der Waals surface area (Å²) in [5.41, 5.74) is 8.17.